The van der Waals surface area contributed by atoms with Crippen molar-refractivity contribution in [3.63, 3.8) is 0 Å². The topological polar surface area (TPSA) is 80.5 Å². The van der Waals surface area contributed by atoms with Gasteiger partial charge in [0.25, 0.3) is 0 Å². The van der Waals surface area contributed by atoms with Gasteiger partial charge in [-0.05, 0) is 80.4 Å². The van der Waals surface area contributed by atoms with E-state index >= 15 is 0 Å². The number of carbonyl (C=O) groups is 1. The third-order valence-corrected chi connectivity index (χ3v) is 6.51. The van der Waals surface area contributed by atoms with E-state index in [0.717, 1.165) is 31.1 Å². The van der Waals surface area contributed by atoms with Crippen molar-refractivity contribution in [1.29, 1.82) is 0 Å². The van der Waals surface area contributed by atoms with Crippen molar-refractivity contribution in [2.75, 3.05) is 37.3 Å². The number of thiazole rings is 1. The van der Waals surface area contributed by atoms with Gasteiger partial charge in [0, 0.05) is 17.8 Å². The molecule has 1 saturated heterocycles. The van der Waals surface area contributed by atoms with Crippen LogP contribution in [0.4, 0.5) is 21.0 Å². The zero-order valence-corrected chi connectivity index (χ0v) is 18.9. The predicted octanol–water partition coefficient (Wildman–Crippen LogP) is 4.88. The molecular weight excluding hydrogens is 427 g/mol. The molecule has 8 heteroatoms. The van der Waals surface area contributed by atoms with Crippen LogP contribution in [0.2, 0.25) is 0 Å². The van der Waals surface area contributed by atoms with E-state index in [9.17, 15) is 9.18 Å². The second-order valence-electron chi connectivity index (χ2n) is 7.77. The molecule has 0 spiro atoms. The highest BCUT2D eigenvalue weighted by Crippen LogP contribution is 2.30. The number of rotatable bonds is 9. The molecular formula is C24H27FN4O2S. The molecule has 4 rings (SSSR count). The van der Waals surface area contributed by atoms with Crippen molar-refractivity contribution in [3.05, 3.63) is 64.3 Å². The Bertz CT molecular complexity index is 1080. The van der Waals surface area contributed by atoms with Crippen LogP contribution in [0.3, 0.4) is 0 Å². The van der Waals surface area contributed by atoms with Crippen LogP contribution in [0, 0.1) is 5.82 Å². The summed E-state index contributed by atoms with van der Waals surface area (Å²) in [6.07, 6.45) is 3.06. The van der Waals surface area contributed by atoms with Gasteiger partial charge in [-0.3, -0.25) is 9.69 Å². The molecule has 1 aliphatic rings. The monoisotopic (exact) mass is 454 g/mol. The van der Waals surface area contributed by atoms with Gasteiger partial charge in [0.05, 0.1) is 0 Å². The summed E-state index contributed by atoms with van der Waals surface area (Å²) in [6, 6.07) is 12.0. The van der Waals surface area contributed by atoms with Crippen LogP contribution >= 0.6 is 11.3 Å². The number of halogens is 1. The van der Waals surface area contributed by atoms with Crippen LogP contribution in [0.1, 0.15) is 40.6 Å². The Balaban J connectivity index is 1.38. The third kappa shape index (κ3) is 5.26. The van der Waals surface area contributed by atoms with E-state index in [0.29, 0.717) is 34.2 Å². The summed E-state index contributed by atoms with van der Waals surface area (Å²) in [5.41, 5.74) is 7.73. The van der Waals surface area contributed by atoms with Crippen molar-refractivity contribution in [2.24, 2.45) is 0 Å². The van der Waals surface area contributed by atoms with Crippen LogP contribution in [0.15, 0.2) is 42.5 Å². The number of ketones is 1. The molecule has 0 amide bonds. The SMILES string of the molecule is CCc1cc(C(=O)c2sc(Nc3ccc(OCCN4CCCC4)cc3)nc2N)ccc1F. The number of nitrogen functional groups attached to an aromatic ring is 1. The van der Waals surface area contributed by atoms with E-state index in [1.165, 1.54) is 36.3 Å². The Hall–Kier alpha value is -2.97. The number of hydrogen-bond donors (Lipinski definition) is 2. The van der Waals surface area contributed by atoms with Crippen LogP contribution < -0.4 is 15.8 Å². The standard InChI is InChI=1S/C24H27FN4O2S/c1-2-16-15-17(5-10-20(16)25)21(30)22-23(26)28-24(32-22)27-18-6-8-19(9-7-18)31-14-13-29-11-3-4-12-29/h5-10,15H,2-4,11-14,26H2,1H3,(H,27,28). The van der Waals surface area contributed by atoms with Crippen molar-refractivity contribution >= 4 is 33.8 Å². The van der Waals surface area contributed by atoms with Gasteiger partial charge in [0.15, 0.2) is 5.13 Å². The van der Waals surface area contributed by atoms with E-state index in [2.05, 4.69) is 15.2 Å². The smallest absolute Gasteiger partial charge is 0.206 e. The maximum atomic E-state index is 13.8. The number of anilines is 3. The second-order valence-corrected chi connectivity index (χ2v) is 8.77. The first kappa shape index (κ1) is 22.2. The highest BCUT2D eigenvalue weighted by molar-refractivity contribution is 7.18. The summed E-state index contributed by atoms with van der Waals surface area (Å²) in [6.45, 7) is 5.79. The largest absolute Gasteiger partial charge is 0.492 e. The predicted molar refractivity (Wildman–Crippen MR) is 127 cm³/mol. The molecule has 3 N–H and O–H groups in total. The van der Waals surface area contributed by atoms with Crippen LogP contribution in [0.5, 0.6) is 5.75 Å². The minimum absolute atomic E-state index is 0.159. The molecule has 6 nitrogen and oxygen atoms in total. The van der Waals surface area contributed by atoms with E-state index in [4.69, 9.17) is 10.5 Å². The highest BCUT2D eigenvalue weighted by Gasteiger charge is 2.19. The second kappa shape index (κ2) is 10.1. The summed E-state index contributed by atoms with van der Waals surface area (Å²) >= 11 is 1.18. The zero-order chi connectivity index (χ0) is 22.5. The molecule has 0 aliphatic carbocycles. The molecule has 0 unspecified atom stereocenters. The molecule has 0 radical (unpaired) electrons. The minimum atomic E-state index is -0.313. The van der Waals surface area contributed by atoms with Gasteiger partial charge in [0.2, 0.25) is 5.78 Å². The Kier molecular flexibility index (Phi) is 7.02. The normalized spacial score (nSPS) is 13.9. The molecule has 168 valence electrons. The van der Waals surface area contributed by atoms with Crippen molar-refractivity contribution in [3.8, 4) is 5.75 Å². The van der Waals surface area contributed by atoms with E-state index < -0.39 is 0 Å². The van der Waals surface area contributed by atoms with Gasteiger partial charge < -0.3 is 15.8 Å². The molecule has 32 heavy (non-hydrogen) atoms. The van der Waals surface area contributed by atoms with Gasteiger partial charge in [-0.25, -0.2) is 9.37 Å². The van der Waals surface area contributed by atoms with Crippen molar-refractivity contribution < 1.29 is 13.9 Å². The average molecular weight is 455 g/mol. The fourth-order valence-electron chi connectivity index (χ4n) is 3.72. The van der Waals surface area contributed by atoms with Gasteiger partial charge in [-0.1, -0.05) is 18.3 Å². The quantitative estimate of drug-likeness (QED) is 0.449. The lowest BCUT2D eigenvalue weighted by Crippen LogP contribution is -2.25. The molecule has 2 aromatic carbocycles. The first-order chi connectivity index (χ1) is 15.5. The number of carbonyl (C=O) groups excluding carboxylic acids is 1. The van der Waals surface area contributed by atoms with Gasteiger partial charge in [-0.15, -0.1) is 0 Å². The summed E-state index contributed by atoms with van der Waals surface area (Å²) in [4.78, 5) is 19.9. The van der Waals surface area contributed by atoms with E-state index in [-0.39, 0.29) is 17.4 Å². The molecule has 0 atom stereocenters. The zero-order valence-electron chi connectivity index (χ0n) is 18.1. The summed E-state index contributed by atoms with van der Waals surface area (Å²) < 4.78 is 19.6. The molecule has 0 bridgehead atoms. The van der Waals surface area contributed by atoms with E-state index in [1.807, 2.05) is 31.2 Å². The van der Waals surface area contributed by atoms with Crippen molar-refractivity contribution in [2.45, 2.75) is 26.2 Å². The summed E-state index contributed by atoms with van der Waals surface area (Å²) in [7, 11) is 0. The number of hydrogen-bond acceptors (Lipinski definition) is 7. The number of nitrogens with two attached hydrogens (primary N) is 1. The molecule has 1 fully saturated rings. The number of ether oxygens (including phenoxy) is 1. The number of nitrogens with one attached hydrogen (secondary N) is 1. The maximum absolute atomic E-state index is 13.8. The Labute approximate surface area is 191 Å². The fraction of sp³-hybridized carbons (Fsp3) is 0.333. The first-order valence-corrected chi connectivity index (χ1v) is 11.7. The lowest BCUT2D eigenvalue weighted by atomic mass is 10.0. The number of aryl methyl sites for hydroxylation is 1. The Morgan fingerprint density at radius 2 is 1.97 bits per heavy atom. The lowest BCUT2D eigenvalue weighted by Gasteiger charge is -2.15. The summed E-state index contributed by atoms with van der Waals surface area (Å²) in [5.74, 6) is 0.399. The molecule has 1 aromatic heterocycles. The number of benzene rings is 2. The molecule has 2 heterocycles. The minimum Gasteiger partial charge on any atom is -0.492 e. The third-order valence-electron chi connectivity index (χ3n) is 5.53. The Morgan fingerprint density at radius 1 is 1.22 bits per heavy atom. The van der Waals surface area contributed by atoms with Gasteiger partial charge >= 0.3 is 0 Å². The summed E-state index contributed by atoms with van der Waals surface area (Å²) in [5, 5.41) is 3.70. The number of nitrogens with zero attached hydrogens (tertiary/aromatic N) is 2. The van der Waals surface area contributed by atoms with Crippen LogP contribution in [0.25, 0.3) is 0 Å². The highest BCUT2D eigenvalue weighted by atomic mass is 32.1. The van der Waals surface area contributed by atoms with Crippen LogP contribution in [-0.2, 0) is 6.42 Å². The first-order valence-electron chi connectivity index (χ1n) is 10.8. The Morgan fingerprint density at radius 3 is 2.69 bits per heavy atom. The van der Waals surface area contributed by atoms with E-state index in [1.54, 1.807) is 6.07 Å². The van der Waals surface area contributed by atoms with Gasteiger partial charge in [0.1, 0.15) is 28.9 Å². The van der Waals surface area contributed by atoms with Gasteiger partial charge in [-0.2, -0.15) is 0 Å². The van der Waals surface area contributed by atoms with Crippen molar-refractivity contribution in [1.82, 2.24) is 9.88 Å². The maximum Gasteiger partial charge on any atom is 0.206 e. The van der Waals surface area contributed by atoms with Crippen LogP contribution in [-0.4, -0.2) is 41.9 Å². The fourth-order valence-corrected chi connectivity index (χ4v) is 4.59. The number of aromatic nitrogens is 1. The lowest BCUT2D eigenvalue weighted by molar-refractivity contribution is 0.104. The molecule has 3 aromatic rings. The molecule has 0 saturated carbocycles. The average Bonchev–Trinajstić information content (AvgIpc) is 3.44. The molecule has 1 aliphatic heterocycles. The number of likely N-dealkylation sites (tertiary alicyclic amines) is 1.